The largest absolute Gasteiger partial charge is 0.373 e. The van der Waals surface area contributed by atoms with Crippen molar-refractivity contribution in [3.05, 3.63) is 22.8 Å². The van der Waals surface area contributed by atoms with E-state index in [1.807, 2.05) is 0 Å². The molecule has 1 amide bonds. The molecule has 2 rings (SSSR count). The fraction of sp³-hybridized carbons (Fsp3) is 0.571. The van der Waals surface area contributed by atoms with E-state index < -0.39 is 0 Å². The summed E-state index contributed by atoms with van der Waals surface area (Å²) in [5.41, 5.74) is 0.479. The van der Waals surface area contributed by atoms with E-state index >= 15 is 0 Å². The summed E-state index contributed by atoms with van der Waals surface area (Å²) in [6.45, 7) is 0.719. The number of carbonyl (C=O) groups is 1. The van der Waals surface area contributed by atoms with Gasteiger partial charge in [-0.15, -0.1) is 0 Å². The zero-order chi connectivity index (χ0) is 13.7. The molecule has 0 unspecified atom stereocenters. The summed E-state index contributed by atoms with van der Waals surface area (Å²) >= 11 is 6.00. The monoisotopic (exact) mass is 281 g/mol. The number of rotatable bonds is 5. The van der Waals surface area contributed by atoms with E-state index in [0.29, 0.717) is 16.4 Å². The number of nitrogens with one attached hydrogen (secondary N) is 2. The zero-order valence-electron chi connectivity index (χ0n) is 11.2. The van der Waals surface area contributed by atoms with Gasteiger partial charge in [0.2, 0.25) is 0 Å². The second-order valence-electron chi connectivity index (χ2n) is 4.99. The number of hydrogen-bond donors (Lipinski definition) is 2. The minimum absolute atomic E-state index is 0.123. The van der Waals surface area contributed by atoms with Crippen molar-refractivity contribution in [2.75, 3.05) is 18.9 Å². The van der Waals surface area contributed by atoms with Crippen molar-refractivity contribution in [1.82, 2.24) is 10.3 Å². The molecule has 1 aromatic heterocycles. The first-order valence-electron chi connectivity index (χ1n) is 6.82. The highest BCUT2D eigenvalue weighted by atomic mass is 35.5. The first-order chi connectivity index (χ1) is 9.20. The predicted molar refractivity (Wildman–Crippen MR) is 77.7 cm³/mol. The van der Waals surface area contributed by atoms with Gasteiger partial charge in [0.1, 0.15) is 5.82 Å². The normalized spacial score (nSPS) is 15.5. The Labute approximate surface area is 118 Å². The highest BCUT2D eigenvalue weighted by molar-refractivity contribution is 6.33. The number of amides is 1. The highest BCUT2D eigenvalue weighted by Crippen LogP contribution is 2.27. The van der Waals surface area contributed by atoms with Gasteiger partial charge in [0.25, 0.3) is 5.91 Å². The lowest BCUT2D eigenvalue weighted by atomic mass is 10.0. The molecule has 19 heavy (non-hydrogen) atoms. The van der Waals surface area contributed by atoms with Crippen LogP contribution in [0, 0.1) is 5.92 Å². The third-order valence-electron chi connectivity index (χ3n) is 3.67. The minimum Gasteiger partial charge on any atom is -0.373 e. The van der Waals surface area contributed by atoms with Crippen LogP contribution in [-0.2, 0) is 0 Å². The van der Waals surface area contributed by atoms with Crippen LogP contribution in [0.5, 0.6) is 0 Å². The van der Waals surface area contributed by atoms with Crippen LogP contribution >= 0.6 is 11.6 Å². The Kier molecular flexibility index (Phi) is 5.02. The van der Waals surface area contributed by atoms with E-state index in [1.54, 1.807) is 13.1 Å². The summed E-state index contributed by atoms with van der Waals surface area (Å²) in [6.07, 6.45) is 7.83. The van der Waals surface area contributed by atoms with Gasteiger partial charge in [-0.2, -0.15) is 0 Å². The summed E-state index contributed by atoms with van der Waals surface area (Å²) < 4.78 is 0. The first-order valence-corrected chi connectivity index (χ1v) is 7.20. The summed E-state index contributed by atoms with van der Waals surface area (Å²) in [5, 5.41) is 6.23. The topological polar surface area (TPSA) is 54.0 Å². The van der Waals surface area contributed by atoms with Crippen molar-refractivity contribution in [2.45, 2.75) is 32.1 Å². The van der Waals surface area contributed by atoms with Gasteiger partial charge < -0.3 is 10.6 Å². The van der Waals surface area contributed by atoms with Crippen molar-refractivity contribution >= 4 is 23.3 Å². The molecule has 2 N–H and O–H groups in total. The smallest absolute Gasteiger partial charge is 0.252 e. The summed E-state index contributed by atoms with van der Waals surface area (Å²) in [6, 6.07) is 1.67. The second-order valence-corrected chi connectivity index (χ2v) is 5.40. The standard InChI is InChI=1S/C14H20ClN3O/c1-16-13-8-11(12(15)9-18-13)14(19)17-7-6-10-4-2-3-5-10/h8-10H,2-7H2,1H3,(H,16,18)(H,17,19). The fourth-order valence-corrected chi connectivity index (χ4v) is 2.72. The molecule has 0 atom stereocenters. The van der Waals surface area contributed by atoms with Crippen molar-refractivity contribution in [3.63, 3.8) is 0 Å². The molecule has 5 heteroatoms. The lowest BCUT2D eigenvalue weighted by Gasteiger charge is -2.11. The lowest BCUT2D eigenvalue weighted by Crippen LogP contribution is -2.26. The summed E-state index contributed by atoms with van der Waals surface area (Å²) in [5.74, 6) is 1.30. The van der Waals surface area contributed by atoms with Crippen LogP contribution < -0.4 is 10.6 Å². The van der Waals surface area contributed by atoms with Gasteiger partial charge in [0, 0.05) is 19.8 Å². The van der Waals surface area contributed by atoms with Crippen LogP contribution in [0.3, 0.4) is 0 Å². The van der Waals surface area contributed by atoms with Crippen molar-refractivity contribution in [2.24, 2.45) is 5.92 Å². The fourth-order valence-electron chi connectivity index (χ4n) is 2.53. The SMILES string of the molecule is CNc1cc(C(=O)NCCC2CCCC2)c(Cl)cn1. The molecule has 1 aromatic rings. The Morgan fingerprint density at radius 2 is 2.21 bits per heavy atom. The lowest BCUT2D eigenvalue weighted by molar-refractivity contribution is 0.0951. The van der Waals surface area contributed by atoms with E-state index in [0.717, 1.165) is 18.9 Å². The predicted octanol–water partition coefficient (Wildman–Crippen LogP) is 3.09. The molecule has 1 heterocycles. The third kappa shape index (κ3) is 3.83. The van der Waals surface area contributed by atoms with Crippen LogP contribution in [-0.4, -0.2) is 24.5 Å². The number of anilines is 1. The van der Waals surface area contributed by atoms with Gasteiger partial charge in [-0.3, -0.25) is 4.79 Å². The Hall–Kier alpha value is -1.29. The molecule has 4 nitrogen and oxygen atoms in total. The van der Waals surface area contributed by atoms with Crippen molar-refractivity contribution in [3.8, 4) is 0 Å². The molecule has 0 aliphatic heterocycles. The van der Waals surface area contributed by atoms with E-state index in [9.17, 15) is 4.79 Å². The number of aromatic nitrogens is 1. The molecule has 1 saturated carbocycles. The first kappa shape index (κ1) is 14.1. The quantitative estimate of drug-likeness (QED) is 0.872. The van der Waals surface area contributed by atoms with E-state index in [-0.39, 0.29) is 5.91 Å². The minimum atomic E-state index is -0.123. The molecule has 0 aromatic carbocycles. The van der Waals surface area contributed by atoms with Gasteiger partial charge in [-0.1, -0.05) is 37.3 Å². The van der Waals surface area contributed by atoms with Gasteiger partial charge in [0.05, 0.1) is 10.6 Å². The number of halogens is 1. The van der Waals surface area contributed by atoms with Gasteiger partial charge in [-0.05, 0) is 18.4 Å². The Morgan fingerprint density at radius 3 is 2.89 bits per heavy atom. The Balaban J connectivity index is 1.88. The molecule has 104 valence electrons. The van der Waals surface area contributed by atoms with Gasteiger partial charge >= 0.3 is 0 Å². The molecule has 0 radical (unpaired) electrons. The molecule has 0 saturated heterocycles. The summed E-state index contributed by atoms with van der Waals surface area (Å²) in [7, 11) is 1.76. The number of pyridine rings is 1. The van der Waals surface area contributed by atoms with Crippen LogP contribution in [0.1, 0.15) is 42.5 Å². The molecule has 1 aliphatic rings. The molecule has 0 bridgehead atoms. The summed E-state index contributed by atoms with van der Waals surface area (Å²) in [4.78, 5) is 16.1. The van der Waals surface area contributed by atoms with Gasteiger partial charge in [-0.25, -0.2) is 4.98 Å². The number of carbonyl (C=O) groups excluding carboxylic acids is 1. The van der Waals surface area contributed by atoms with Gasteiger partial charge in [0.15, 0.2) is 0 Å². The van der Waals surface area contributed by atoms with Crippen molar-refractivity contribution in [1.29, 1.82) is 0 Å². The van der Waals surface area contributed by atoms with Crippen molar-refractivity contribution < 1.29 is 4.79 Å². The molecule has 1 fully saturated rings. The van der Waals surface area contributed by atoms with Crippen LogP contribution in [0.2, 0.25) is 5.02 Å². The Bertz CT molecular complexity index is 444. The zero-order valence-corrected chi connectivity index (χ0v) is 12.0. The molecule has 1 aliphatic carbocycles. The van der Waals surface area contributed by atoms with Crippen LogP contribution in [0.15, 0.2) is 12.3 Å². The maximum Gasteiger partial charge on any atom is 0.252 e. The van der Waals surface area contributed by atoms with E-state index in [2.05, 4.69) is 15.6 Å². The average molecular weight is 282 g/mol. The molecular formula is C14H20ClN3O. The van der Waals surface area contributed by atoms with Crippen LogP contribution in [0.25, 0.3) is 0 Å². The highest BCUT2D eigenvalue weighted by Gasteiger charge is 2.16. The molecular weight excluding hydrogens is 262 g/mol. The third-order valence-corrected chi connectivity index (χ3v) is 3.97. The number of hydrogen-bond acceptors (Lipinski definition) is 3. The van der Waals surface area contributed by atoms with Crippen LogP contribution in [0.4, 0.5) is 5.82 Å². The Morgan fingerprint density at radius 1 is 1.47 bits per heavy atom. The maximum absolute atomic E-state index is 12.1. The van der Waals surface area contributed by atoms with E-state index in [1.165, 1.54) is 31.9 Å². The average Bonchev–Trinajstić information content (AvgIpc) is 2.92. The van der Waals surface area contributed by atoms with E-state index in [4.69, 9.17) is 11.6 Å². The second kappa shape index (κ2) is 6.75. The number of nitrogens with zero attached hydrogens (tertiary/aromatic N) is 1. The maximum atomic E-state index is 12.1. The molecule has 0 spiro atoms.